The van der Waals surface area contributed by atoms with Crippen LogP contribution < -0.4 is 5.32 Å². The maximum Gasteiger partial charge on any atom is 0.464 e. The predicted octanol–water partition coefficient (Wildman–Crippen LogP) is 1.30. The van der Waals surface area contributed by atoms with Gasteiger partial charge >= 0.3 is 12.6 Å². The molecular formula is C2H3F6NO3S. The first-order valence-corrected chi connectivity index (χ1v) is 3.23. The SMILES string of the molecule is FC(F)(F)NC(F)(F)F.O=S(O)O. The third kappa shape index (κ3) is 34.1. The van der Waals surface area contributed by atoms with E-state index in [4.69, 9.17) is 13.3 Å². The topological polar surface area (TPSA) is 69.6 Å². The molecule has 0 rings (SSSR count). The zero-order chi connectivity index (χ0) is 11.3. The number of rotatable bonds is 0. The minimum Gasteiger partial charge on any atom is -0.284 e. The van der Waals surface area contributed by atoms with Gasteiger partial charge in [-0.25, -0.2) is 0 Å². The monoisotopic (exact) mass is 235 g/mol. The van der Waals surface area contributed by atoms with Crippen LogP contribution in [0, 0.1) is 0 Å². The van der Waals surface area contributed by atoms with Crippen molar-refractivity contribution in [2.45, 2.75) is 12.6 Å². The summed E-state index contributed by atoms with van der Waals surface area (Å²) in [5.74, 6) is 0. The fourth-order valence-corrected chi connectivity index (χ4v) is 0.161. The molecule has 0 unspecified atom stereocenters. The lowest BCUT2D eigenvalue weighted by Gasteiger charge is -2.10. The van der Waals surface area contributed by atoms with Gasteiger partial charge in [0.25, 0.3) is 11.4 Å². The molecule has 82 valence electrons. The second-order valence-electron chi connectivity index (χ2n) is 1.35. The van der Waals surface area contributed by atoms with E-state index in [1.165, 1.54) is 0 Å². The van der Waals surface area contributed by atoms with E-state index < -0.39 is 29.3 Å². The van der Waals surface area contributed by atoms with E-state index in [0.29, 0.717) is 0 Å². The molecule has 0 saturated heterocycles. The number of alkyl halides is 6. The van der Waals surface area contributed by atoms with Crippen LogP contribution in [0.4, 0.5) is 26.3 Å². The van der Waals surface area contributed by atoms with Crippen molar-refractivity contribution in [3.05, 3.63) is 0 Å². The van der Waals surface area contributed by atoms with Crippen LogP contribution in [-0.2, 0) is 11.4 Å². The molecule has 13 heavy (non-hydrogen) atoms. The summed E-state index contributed by atoms with van der Waals surface area (Å²) in [6, 6.07) is 0. The molecule has 0 aromatic carbocycles. The highest BCUT2D eigenvalue weighted by molar-refractivity contribution is 7.73. The van der Waals surface area contributed by atoms with Gasteiger partial charge in [0.15, 0.2) is 0 Å². The molecule has 3 N–H and O–H groups in total. The number of hydrogen-bond acceptors (Lipinski definition) is 2. The molecule has 0 atom stereocenters. The highest BCUT2D eigenvalue weighted by Crippen LogP contribution is 2.19. The summed E-state index contributed by atoms with van der Waals surface area (Å²) in [6.45, 7) is 0. The molecule has 0 aliphatic heterocycles. The predicted molar refractivity (Wildman–Crippen MR) is 28.6 cm³/mol. The zero-order valence-corrected chi connectivity index (χ0v) is 6.30. The summed E-state index contributed by atoms with van der Waals surface area (Å²) in [7, 11) is 0. The smallest absolute Gasteiger partial charge is 0.284 e. The Morgan fingerprint density at radius 3 is 1.08 bits per heavy atom. The molecule has 0 saturated carbocycles. The summed E-state index contributed by atoms with van der Waals surface area (Å²) < 4.78 is 87.2. The summed E-state index contributed by atoms with van der Waals surface area (Å²) in [5.41, 5.74) is 0. The van der Waals surface area contributed by atoms with Gasteiger partial charge in [-0.05, 0) is 0 Å². The van der Waals surface area contributed by atoms with Gasteiger partial charge < -0.3 is 0 Å². The average Bonchev–Trinajstić information content (AvgIpc) is 1.47. The Morgan fingerprint density at radius 2 is 1.08 bits per heavy atom. The molecule has 0 aromatic rings. The Balaban J connectivity index is 0. The van der Waals surface area contributed by atoms with Gasteiger partial charge in [0.2, 0.25) is 0 Å². The Labute approximate surface area is 70.0 Å². The molecule has 0 radical (unpaired) electrons. The van der Waals surface area contributed by atoms with Crippen molar-refractivity contribution in [3.63, 3.8) is 0 Å². The van der Waals surface area contributed by atoms with Gasteiger partial charge in [0.05, 0.1) is 0 Å². The van der Waals surface area contributed by atoms with E-state index in [2.05, 4.69) is 0 Å². The molecule has 0 bridgehead atoms. The van der Waals surface area contributed by atoms with E-state index in [-0.39, 0.29) is 0 Å². The van der Waals surface area contributed by atoms with Gasteiger partial charge in [-0.2, -0.15) is 30.6 Å². The normalized spacial score (nSPS) is 12.4. The summed E-state index contributed by atoms with van der Waals surface area (Å²) in [4.78, 5) is 0. The van der Waals surface area contributed by atoms with Crippen molar-refractivity contribution < 1.29 is 39.7 Å². The lowest BCUT2D eigenvalue weighted by atomic mass is 11.0. The molecule has 0 aliphatic rings. The van der Waals surface area contributed by atoms with Gasteiger partial charge in [-0.1, -0.05) is 0 Å². The van der Waals surface area contributed by atoms with Crippen molar-refractivity contribution >= 4 is 11.4 Å². The standard InChI is InChI=1S/C2HF6N.H2O3S/c3-1(4,5)9-2(6,7)8;1-4(2)3/h9H;(H2,1,2,3). The fraction of sp³-hybridized carbons (Fsp3) is 1.00. The first-order valence-electron chi connectivity index (χ1n) is 2.17. The van der Waals surface area contributed by atoms with Gasteiger partial charge in [0, 0.05) is 0 Å². The maximum atomic E-state index is 10.7. The molecular weight excluding hydrogens is 232 g/mol. The molecule has 0 fully saturated rings. The first kappa shape index (κ1) is 15.1. The van der Waals surface area contributed by atoms with Crippen molar-refractivity contribution in [3.8, 4) is 0 Å². The summed E-state index contributed by atoms with van der Waals surface area (Å²) in [6.07, 6.45) is -10.8. The maximum absolute atomic E-state index is 10.7. The van der Waals surface area contributed by atoms with Crippen LogP contribution in [0.1, 0.15) is 0 Å². The van der Waals surface area contributed by atoms with Crippen molar-refractivity contribution in [1.82, 2.24) is 5.32 Å². The highest BCUT2D eigenvalue weighted by atomic mass is 32.2. The number of halogens is 6. The number of nitrogens with one attached hydrogen (secondary N) is 1. The highest BCUT2D eigenvalue weighted by Gasteiger charge is 2.42. The molecule has 0 amide bonds. The Morgan fingerprint density at radius 1 is 0.923 bits per heavy atom. The molecule has 0 heterocycles. The van der Waals surface area contributed by atoms with Gasteiger partial charge in [-0.3, -0.25) is 9.11 Å². The van der Waals surface area contributed by atoms with E-state index in [1.54, 1.807) is 0 Å². The molecule has 4 nitrogen and oxygen atoms in total. The zero-order valence-electron chi connectivity index (χ0n) is 5.48. The van der Waals surface area contributed by atoms with E-state index >= 15 is 0 Å². The van der Waals surface area contributed by atoms with Crippen LogP contribution in [0.2, 0.25) is 0 Å². The third-order valence-corrected chi connectivity index (χ3v) is 0.283. The van der Waals surface area contributed by atoms with Crippen molar-refractivity contribution in [1.29, 1.82) is 0 Å². The lowest BCUT2D eigenvalue weighted by molar-refractivity contribution is -0.265. The minimum absolute atomic E-state index is 0.542. The third-order valence-electron chi connectivity index (χ3n) is 0.283. The second-order valence-corrected chi connectivity index (χ2v) is 1.81. The molecule has 0 aliphatic carbocycles. The van der Waals surface area contributed by atoms with Gasteiger partial charge in [-0.15, -0.1) is 5.32 Å². The Bertz CT molecular complexity index is 148. The van der Waals surface area contributed by atoms with Crippen molar-refractivity contribution in [2.75, 3.05) is 0 Å². The van der Waals surface area contributed by atoms with E-state index in [0.717, 1.165) is 0 Å². The molecule has 0 spiro atoms. The van der Waals surface area contributed by atoms with E-state index in [1.807, 2.05) is 0 Å². The fourth-order valence-electron chi connectivity index (χ4n) is 0.161. The lowest BCUT2D eigenvalue weighted by Crippen LogP contribution is -2.42. The second kappa shape index (κ2) is 5.36. The minimum atomic E-state index is -5.39. The largest absolute Gasteiger partial charge is 0.464 e. The average molecular weight is 235 g/mol. The molecule has 0 aromatic heterocycles. The van der Waals surface area contributed by atoms with Crippen molar-refractivity contribution in [2.24, 2.45) is 0 Å². The Hall–Kier alpha value is -0.390. The van der Waals surface area contributed by atoms with Crippen LogP contribution in [0.15, 0.2) is 0 Å². The number of hydrogen-bond donors (Lipinski definition) is 3. The quantitative estimate of drug-likeness (QED) is 0.336. The summed E-state index contributed by atoms with van der Waals surface area (Å²) in [5, 5.41) is -0.542. The molecule has 11 heteroatoms. The van der Waals surface area contributed by atoms with Crippen LogP contribution in [-0.4, -0.2) is 25.9 Å². The van der Waals surface area contributed by atoms with Crippen LogP contribution in [0.5, 0.6) is 0 Å². The first-order chi connectivity index (χ1) is 5.44. The Kier molecular flexibility index (Phi) is 6.23. The van der Waals surface area contributed by atoms with Crippen LogP contribution >= 0.6 is 0 Å². The van der Waals surface area contributed by atoms with Crippen LogP contribution in [0.3, 0.4) is 0 Å². The van der Waals surface area contributed by atoms with E-state index in [9.17, 15) is 26.3 Å². The van der Waals surface area contributed by atoms with Gasteiger partial charge in [0.1, 0.15) is 0 Å². The summed E-state index contributed by atoms with van der Waals surface area (Å²) >= 11 is -2.61. The van der Waals surface area contributed by atoms with Crippen LogP contribution in [0.25, 0.3) is 0 Å².